The predicted octanol–water partition coefficient (Wildman–Crippen LogP) is 5.59. The second kappa shape index (κ2) is 5.81. The number of non-ortho nitro benzene ring substituents is 1. The van der Waals surface area contributed by atoms with Gasteiger partial charge in [0.25, 0.3) is 5.69 Å². The summed E-state index contributed by atoms with van der Waals surface area (Å²) in [6, 6.07) is 2.98. The van der Waals surface area contributed by atoms with Gasteiger partial charge in [-0.05, 0) is 51.1 Å². The summed E-state index contributed by atoms with van der Waals surface area (Å²) in [4.78, 5) is 11.0. The molecule has 4 nitrogen and oxygen atoms in total. The van der Waals surface area contributed by atoms with Crippen LogP contribution in [0.15, 0.2) is 21.1 Å². The molecule has 2 saturated carbocycles. The van der Waals surface area contributed by atoms with Crippen molar-refractivity contribution in [2.75, 3.05) is 0 Å². The Bertz CT molecular complexity index is 564. The Balaban J connectivity index is 1.84. The van der Waals surface area contributed by atoms with E-state index < -0.39 is 4.92 Å². The Morgan fingerprint density at radius 1 is 1.24 bits per heavy atom. The van der Waals surface area contributed by atoms with E-state index in [2.05, 4.69) is 47.8 Å². The van der Waals surface area contributed by atoms with Gasteiger partial charge >= 0.3 is 0 Å². The molecule has 0 radical (unpaired) electrons. The van der Waals surface area contributed by atoms with E-state index in [-0.39, 0.29) is 17.2 Å². The highest BCUT2D eigenvalue weighted by molar-refractivity contribution is 9.11. The fourth-order valence-corrected chi connectivity index (χ4v) is 5.88. The molecule has 2 unspecified atom stereocenters. The van der Waals surface area contributed by atoms with Crippen LogP contribution in [0.3, 0.4) is 0 Å². The summed E-state index contributed by atoms with van der Waals surface area (Å²) >= 11 is 10.6. The van der Waals surface area contributed by atoms with Crippen LogP contribution in [0.25, 0.3) is 0 Å². The second-order valence-electron chi connectivity index (χ2n) is 5.75. The Morgan fingerprint density at radius 2 is 1.81 bits per heavy atom. The molecule has 0 bridgehead atoms. The van der Waals surface area contributed by atoms with Crippen molar-refractivity contribution < 1.29 is 9.66 Å². The number of halogens is 3. The molecule has 1 aromatic rings. The third-order valence-electron chi connectivity index (χ3n) is 4.67. The number of rotatable bonds is 3. The average Bonchev–Trinajstić information content (AvgIpc) is 2.93. The lowest BCUT2D eigenvalue weighted by molar-refractivity contribution is -0.385. The third-order valence-corrected chi connectivity index (χ3v) is 7.14. The van der Waals surface area contributed by atoms with Gasteiger partial charge < -0.3 is 4.74 Å². The molecule has 0 amide bonds. The summed E-state index contributed by atoms with van der Waals surface area (Å²) < 4.78 is 7.45. The van der Waals surface area contributed by atoms with Crippen molar-refractivity contribution in [1.29, 1.82) is 0 Å². The molecule has 2 fully saturated rings. The normalized spacial score (nSPS) is 26.6. The van der Waals surface area contributed by atoms with Gasteiger partial charge in [0.1, 0.15) is 11.9 Å². The number of hydrogen-bond donors (Lipinski definition) is 0. The first kappa shape index (κ1) is 15.7. The van der Waals surface area contributed by atoms with E-state index >= 15 is 0 Å². The van der Waals surface area contributed by atoms with Gasteiger partial charge in [0.05, 0.1) is 13.9 Å². The Labute approximate surface area is 148 Å². The van der Waals surface area contributed by atoms with E-state index in [1.165, 1.54) is 37.8 Å². The zero-order valence-corrected chi connectivity index (χ0v) is 15.9. The summed E-state index contributed by atoms with van der Waals surface area (Å²) in [5, 5.41) is 10.9. The minimum Gasteiger partial charge on any atom is -0.487 e. The van der Waals surface area contributed by atoms with Gasteiger partial charge in [-0.1, -0.05) is 28.8 Å². The fraction of sp³-hybridized carbons (Fsp3) is 0.571. The van der Waals surface area contributed by atoms with Gasteiger partial charge in [0, 0.05) is 22.4 Å². The smallest absolute Gasteiger partial charge is 0.271 e. The lowest BCUT2D eigenvalue weighted by Crippen LogP contribution is -2.55. The molecule has 2 atom stereocenters. The topological polar surface area (TPSA) is 52.4 Å². The van der Waals surface area contributed by atoms with Crippen molar-refractivity contribution >= 4 is 53.5 Å². The van der Waals surface area contributed by atoms with Crippen LogP contribution in [-0.4, -0.2) is 15.9 Å². The second-order valence-corrected chi connectivity index (χ2v) is 8.56. The van der Waals surface area contributed by atoms with Crippen molar-refractivity contribution in [2.45, 2.75) is 43.0 Å². The van der Waals surface area contributed by atoms with E-state index in [0.717, 1.165) is 6.42 Å². The number of nitro groups is 1. The number of nitro benzene ring substituents is 1. The van der Waals surface area contributed by atoms with Crippen LogP contribution in [0.5, 0.6) is 5.75 Å². The standard InChI is InChI=1S/C14H14Br3NO3/c15-9-5-8(18(19)20)6-10(16)13(9)21-12-7-11(17)14(12)3-1-2-4-14/h5-6,11-12H,1-4,7H2. The maximum Gasteiger partial charge on any atom is 0.271 e. The van der Waals surface area contributed by atoms with Gasteiger partial charge in [0.2, 0.25) is 0 Å². The lowest BCUT2D eigenvalue weighted by atomic mass is 9.64. The van der Waals surface area contributed by atoms with Crippen LogP contribution in [0, 0.1) is 15.5 Å². The van der Waals surface area contributed by atoms with Gasteiger partial charge in [0.15, 0.2) is 0 Å². The molecule has 0 heterocycles. The molecule has 0 aromatic heterocycles. The molecule has 0 saturated heterocycles. The monoisotopic (exact) mass is 481 g/mol. The average molecular weight is 484 g/mol. The first-order valence-electron chi connectivity index (χ1n) is 6.88. The van der Waals surface area contributed by atoms with Crippen molar-refractivity contribution in [3.8, 4) is 5.75 Å². The largest absolute Gasteiger partial charge is 0.487 e. The minimum atomic E-state index is -0.407. The molecular formula is C14H14Br3NO3. The molecule has 3 rings (SSSR count). The Kier molecular flexibility index (Phi) is 4.36. The first-order chi connectivity index (χ1) is 9.94. The van der Waals surface area contributed by atoms with Crippen LogP contribution >= 0.6 is 47.8 Å². The summed E-state index contributed by atoms with van der Waals surface area (Å²) in [5.74, 6) is 0.663. The Morgan fingerprint density at radius 3 is 2.29 bits per heavy atom. The fourth-order valence-electron chi connectivity index (χ4n) is 3.44. The van der Waals surface area contributed by atoms with Crippen molar-refractivity contribution in [3.05, 3.63) is 31.2 Å². The number of hydrogen-bond acceptors (Lipinski definition) is 3. The highest BCUT2D eigenvalue weighted by Crippen LogP contribution is 2.58. The highest BCUT2D eigenvalue weighted by Gasteiger charge is 2.56. The van der Waals surface area contributed by atoms with Gasteiger partial charge in [-0.15, -0.1) is 0 Å². The summed E-state index contributed by atoms with van der Waals surface area (Å²) in [6.07, 6.45) is 6.05. The lowest BCUT2D eigenvalue weighted by Gasteiger charge is -2.51. The molecule has 114 valence electrons. The van der Waals surface area contributed by atoms with Crippen molar-refractivity contribution in [2.24, 2.45) is 5.41 Å². The summed E-state index contributed by atoms with van der Waals surface area (Å²) in [5.41, 5.74) is 0.282. The van der Waals surface area contributed by atoms with E-state index in [9.17, 15) is 10.1 Å². The number of ether oxygens (including phenoxy) is 1. The third kappa shape index (κ3) is 2.65. The number of alkyl halides is 1. The van der Waals surface area contributed by atoms with Gasteiger partial charge in [-0.25, -0.2) is 0 Å². The molecule has 1 spiro atoms. The maximum atomic E-state index is 10.9. The molecule has 0 aliphatic heterocycles. The van der Waals surface area contributed by atoms with Crippen LogP contribution in [-0.2, 0) is 0 Å². The van der Waals surface area contributed by atoms with Crippen molar-refractivity contribution in [1.82, 2.24) is 0 Å². The van der Waals surface area contributed by atoms with Gasteiger partial charge in [-0.2, -0.15) is 0 Å². The van der Waals surface area contributed by atoms with E-state index in [0.29, 0.717) is 19.5 Å². The Hall–Kier alpha value is -0.140. The predicted molar refractivity (Wildman–Crippen MR) is 91.1 cm³/mol. The highest BCUT2D eigenvalue weighted by atomic mass is 79.9. The molecular weight excluding hydrogens is 470 g/mol. The van der Waals surface area contributed by atoms with Crippen LogP contribution < -0.4 is 4.74 Å². The minimum absolute atomic E-state index is 0.0451. The SMILES string of the molecule is O=[N+]([O-])c1cc(Br)c(OC2CC(Br)C23CCCC3)c(Br)c1. The number of benzene rings is 1. The summed E-state index contributed by atoms with van der Waals surface area (Å²) in [6.45, 7) is 0. The zero-order valence-electron chi connectivity index (χ0n) is 11.2. The van der Waals surface area contributed by atoms with Crippen LogP contribution in [0.2, 0.25) is 0 Å². The molecule has 7 heteroatoms. The van der Waals surface area contributed by atoms with E-state index in [1.807, 2.05) is 0 Å². The summed E-state index contributed by atoms with van der Waals surface area (Å²) in [7, 11) is 0. The van der Waals surface area contributed by atoms with Crippen molar-refractivity contribution in [3.63, 3.8) is 0 Å². The van der Waals surface area contributed by atoms with Crippen LogP contribution in [0.1, 0.15) is 32.1 Å². The first-order valence-corrected chi connectivity index (χ1v) is 9.38. The molecule has 0 N–H and O–H groups in total. The molecule has 21 heavy (non-hydrogen) atoms. The zero-order chi connectivity index (χ0) is 15.2. The van der Waals surface area contributed by atoms with E-state index in [4.69, 9.17) is 4.74 Å². The van der Waals surface area contributed by atoms with E-state index in [1.54, 1.807) is 0 Å². The molecule has 2 aliphatic carbocycles. The maximum absolute atomic E-state index is 10.9. The van der Waals surface area contributed by atoms with Crippen LogP contribution in [0.4, 0.5) is 5.69 Å². The van der Waals surface area contributed by atoms with Gasteiger partial charge in [-0.3, -0.25) is 10.1 Å². The number of nitrogens with zero attached hydrogens (tertiary/aromatic N) is 1. The quantitative estimate of drug-likeness (QED) is 0.319. The molecule has 1 aromatic carbocycles. The molecule has 2 aliphatic rings.